The molecule has 0 unspecified atom stereocenters. The van der Waals surface area contributed by atoms with Crippen molar-refractivity contribution in [3.05, 3.63) is 95.6 Å². The molecule has 0 aliphatic heterocycles. The number of benzene rings is 5. The van der Waals surface area contributed by atoms with E-state index in [4.69, 9.17) is 0 Å². The first-order valence-electron chi connectivity index (χ1n) is 9.75. The Labute approximate surface area is 160 Å². The van der Waals surface area contributed by atoms with E-state index in [9.17, 15) is 0 Å². The summed E-state index contributed by atoms with van der Waals surface area (Å²) >= 11 is 0. The molecule has 0 amide bonds. The van der Waals surface area contributed by atoms with Gasteiger partial charge in [-0.2, -0.15) is 0 Å². The largest absolute Gasteiger partial charge is 0.0610 e. The molecule has 5 rings (SSSR count). The van der Waals surface area contributed by atoms with Crippen LogP contribution < -0.4 is 0 Å². The lowest BCUT2D eigenvalue weighted by Gasteiger charge is -2.19. The Morgan fingerprint density at radius 2 is 1.19 bits per heavy atom. The van der Waals surface area contributed by atoms with Gasteiger partial charge in [0.05, 0.1) is 0 Å². The third kappa shape index (κ3) is 2.68. The van der Waals surface area contributed by atoms with Gasteiger partial charge in [-0.15, -0.1) is 0 Å². The Kier molecular flexibility index (Phi) is 3.52. The van der Waals surface area contributed by atoms with Gasteiger partial charge in [-0.1, -0.05) is 99.6 Å². The Morgan fingerprint density at radius 3 is 1.85 bits per heavy atom. The zero-order valence-electron chi connectivity index (χ0n) is 16.2. The van der Waals surface area contributed by atoms with Crippen LogP contribution in [0.3, 0.4) is 0 Å². The van der Waals surface area contributed by atoms with Crippen LogP contribution in [-0.2, 0) is 11.8 Å². The molecular weight excluding hydrogens is 324 g/mol. The van der Waals surface area contributed by atoms with Gasteiger partial charge in [0.1, 0.15) is 0 Å². The Bertz CT molecular complexity index is 1240. The van der Waals surface area contributed by atoms with Crippen LogP contribution in [0.15, 0.2) is 78.9 Å². The Morgan fingerprint density at radius 1 is 0.593 bits per heavy atom. The molecule has 0 aliphatic carbocycles. The van der Waals surface area contributed by atoms with Crippen molar-refractivity contribution in [1.82, 2.24) is 0 Å². The lowest BCUT2D eigenvalue weighted by Crippen LogP contribution is -2.10. The summed E-state index contributed by atoms with van der Waals surface area (Å²) in [6.07, 6.45) is 0.971. The number of rotatable bonds is 2. The molecule has 0 saturated heterocycles. The summed E-state index contributed by atoms with van der Waals surface area (Å²) in [7, 11) is 0. The van der Waals surface area contributed by atoms with Crippen LogP contribution in [0.2, 0.25) is 0 Å². The van der Waals surface area contributed by atoms with E-state index in [2.05, 4.69) is 99.6 Å². The van der Waals surface area contributed by atoms with Crippen LogP contribution in [0.25, 0.3) is 32.3 Å². The molecule has 0 heteroatoms. The number of hydrogen-bond donors (Lipinski definition) is 0. The molecule has 5 aromatic rings. The molecule has 27 heavy (non-hydrogen) atoms. The van der Waals surface area contributed by atoms with Gasteiger partial charge in [-0.05, 0) is 60.8 Å². The predicted molar refractivity (Wildman–Crippen MR) is 118 cm³/mol. The van der Waals surface area contributed by atoms with E-state index in [0.717, 1.165) is 6.42 Å². The molecule has 0 N–H and O–H groups in total. The molecule has 0 aromatic heterocycles. The van der Waals surface area contributed by atoms with Gasteiger partial charge >= 0.3 is 0 Å². The van der Waals surface area contributed by atoms with Gasteiger partial charge in [-0.3, -0.25) is 0 Å². The molecule has 132 valence electrons. The zero-order valence-corrected chi connectivity index (χ0v) is 16.2. The maximum Gasteiger partial charge on any atom is -0.00196 e. The minimum Gasteiger partial charge on any atom is -0.0610 e. The molecule has 5 aromatic carbocycles. The lowest BCUT2D eigenvalue weighted by atomic mass is 9.86. The average molecular weight is 348 g/mol. The smallest absolute Gasteiger partial charge is 0.00196 e. The zero-order chi connectivity index (χ0) is 18.6. The first-order valence-corrected chi connectivity index (χ1v) is 9.75. The van der Waals surface area contributed by atoms with E-state index < -0.39 is 0 Å². The first-order chi connectivity index (χ1) is 13.0. The average Bonchev–Trinajstić information content (AvgIpc) is 2.67. The van der Waals surface area contributed by atoms with E-state index >= 15 is 0 Å². The molecule has 0 nitrogen and oxygen atoms in total. The second kappa shape index (κ2) is 5.82. The molecule has 0 atom stereocenters. The predicted octanol–water partition coefficient (Wildman–Crippen LogP) is 7.47. The monoisotopic (exact) mass is 348 g/mol. The highest BCUT2D eigenvalue weighted by molar-refractivity contribution is 6.23. The van der Waals surface area contributed by atoms with Crippen molar-refractivity contribution in [2.24, 2.45) is 0 Å². The fraction of sp³-hybridized carbons (Fsp3) is 0.185. The summed E-state index contributed by atoms with van der Waals surface area (Å²) in [5.41, 5.74) is 4.37. The summed E-state index contributed by atoms with van der Waals surface area (Å²) in [5, 5.41) is 8.19. The molecule has 0 fully saturated rings. The summed E-state index contributed by atoms with van der Waals surface area (Å²) in [6, 6.07) is 29.4. The van der Waals surface area contributed by atoms with Crippen LogP contribution in [0, 0.1) is 0 Å². The third-order valence-corrected chi connectivity index (χ3v) is 5.83. The summed E-state index contributed by atoms with van der Waals surface area (Å²) in [5.74, 6) is 0. The molecular formula is C27H24. The van der Waals surface area contributed by atoms with Crippen LogP contribution in [0.5, 0.6) is 0 Å². The minimum atomic E-state index is 0.200. The van der Waals surface area contributed by atoms with Gasteiger partial charge in [0, 0.05) is 0 Å². The molecule has 0 heterocycles. The van der Waals surface area contributed by atoms with Gasteiger partial charge in [0.15, 0.2) is 0 Å². The second-order valence-corrected chi connectivity index (χ2v) is 8.70. The summed E-state index contributed by atoms with van der Waals surface area (Å²) in [6.45, 7) is 6.80. The maximum atomic E-state index is 2.31. The van der Waals surface area contributed by atoms with Gasteiger partial charge in [0.2, 0.25) is 0 Å². The normalized spacial score (nSPS) is 12.4. The SMILES string of the molecule is CC(C)(C)c1ccc(Cc2ccc3ccc4cccc5ccc2c3c45)cc1. The van der Waals surface area contributed by atoms with Crippen molar-refractivity contribution in [1.29, 1.82) is 0 Å². The van der Waals surface area contributed by atoms with Crippen LogP contribution in [0.1, 0.15) is 37.5 Å². The number of hydrogen-bond acceptors (Lipinski definition) is 0. The highest BCUT2D eigenvalue weighted by atomic mass is 14.2. The molecule has 0 radical (unpaired) electrons. The molecule has 0 aliphatic rings. The quantitative estimate of drug-likeness (QED) is 0.290. The first kappa shape index (κ1) is 16.3. The van der Waals surface area contributed by atoms with E-state index in [1.165, 1.54) is 49.0 Å². The minimum absolute atomic E-state index is 0.200. The van der Waals surface area contributed by atoms with Crippen LogP contribution in [-0.4, -0.2) is 0 Å². The van der Waals surface area contributed by atoms with E-state index in [-0.39, 0.29) is 5.41 Å². The maximum absolute atomic E-state index is 2.31. The van der Waals surface area contributed by atoms with E-state index in [0.29, 0.717) is 0 Å². The Balaban J connectivity index is 1.65. The fourth-order valence-electron chi connectivity index (χ4n) is 4.29. The van der Waals surface area contributed by atoms with Gasteiger partial charge < -0.3 is 0 Å². The van der Waals surface area contributed by atoms with Crippen LogP contribution >= 0.6 is 0 Å². The standard InChI is InChI=1S/C27H24/c1-27(2,3)23-14-7-18(8-15-23)17-22-12-11-21-10-9-19-5-4-6-20-13-16-24(22)26(21)25(19)20/h4-16H,17H2,1-3H3. The van der Waals surface area contributed by atoms with Crippen molar-refractivity contribution in [2.75, 3.05) is 0 Å². The van der Waals surface area contributed by atoms with Crippen molar-refractivity contribution < 1.29 is 0 Å². The van der Waals surface area contributed by atoms with E-state index in [1.807, 2.05) is 0 Å². The third-order valence-electron chi connectivity index (χ3n) is 5.83. The van der Waals surface area contributed by atoms with Gasteiger partial charge in [0.25, 0.3) is 0 Å². The molecule has 0 bridgehead atoms. The Hall–Kier alpha value is -2.86. The van der Waals surface area contributed by atoms with Crippen molar-refractivity contribution in [3.63, 3.8) is 0 Å². The highest BCUT2D eigenvalue weighted by Crippen LogP contribution is 2.36. The fourth-order valence-corrected chi connectivity index (χ4v) is 4.29. The van der Waals surface area contributed by atoms with Crippen LogP contribution in [0.4, 0.5) is 0 Å². The van der Waals surface area contributed by atoms with Gasteiger partial charge in [-0.25, -0.2) is 0 Å². The molecule has 0 spiro atoms. The summed E-state index contributed by atoms with van der Waals surface area (Å²) in [4.78, 5) is 0. The molecule has 0 saturated carbocycles. The second-order valence-electron chi connectivity index (χ2n) is 8.70. The highest BCUT2D eigenvalue weighted by Gasteiger charge is 2.14. The van der Waals surface area contributed by atoms with Crippen molar-refractivity contribution in [2.45, 2.75) is 32.6 Å². The topological polar surface area (TPSA) is 0 Å². The summed E-state index contributed by atoms with van der Waals surface area (Å²) < 4.78 is 0. The van der Waals surface area contributed by atoms with E-state index in [1.54, 1.807) is 0 Å². The lowest BCUT2D eigenvalue weighted by molar-refractivity contribution is 0.590. The van der Waals surface area contributed by atoms with Crippen molar-refractivity contribution >= 4 is 32.3 Å². The van der Waals surface area contributed by atoms with Crippen molar-refractivity contribution in [3.8, 4) is 0 Å².